The summed E-state index contributed by atoms with van der Waals surface area (Å²) in [5.41, 5.74) is 3.52. The molecule has 2 aromatic rings. The summed E-state index contributed by atoms with van der Waals surface area (Å²) < 4.78 is 2.08. The van der Waals surface area contributed by atoms with Crippen LogP contribution in [-0.2, 0) is 24.3 Å². The second-order valence-corrected chi connectivity index (χ2v) is 8.13. The third-order valence-corrected chi connectivity index (χ3v) is 5.81. The van der Waals surface area contributed by atoms with Gasteiger partial charge in [-0.15, -0.1) is 0 Å². The molecule has 1 fully saturated rings. The molecule has 5 nitrogen and oxygen atoms in total. The van der Waals surface area contributed by atoms with Crippen molar-refractivity contribution in [3.05, 3.63) is 53.3 Å². The molecule has 0 bridgehead atoms. The molecule has 2 aliphatic heterocycles. The van der Waals surface area contributed by atoms with Crippen molar-refractivity contribution in [2.45, 2.75) is 45.7 Å². The number of rotatable bonds is 5. The molecule has 0 aliphatic carbocycles. The van der Waals surface area contributed by atoms with E-state index >= 15 is 0 Å². The highest BCUT2D eigenvalue weighted by Crippen LogP contribution is 2.18. The van der Waals surface area contributed by atoms with E-state index in [0.717, 1.165) is 56.5 Å². The molecule has 1 amide bonds. The number of aromatic nitrogens is 2. The van der Waals surface area contributed by atoms with Crippen molar-refractivity contribution < 1.29 is 4.79 Å². The summed E-state index contributed by atoms with van der Waals surface area (Å²) in [5.74, 6) is 1.05. The van der Waals surface area contributed by atoms with E-state index in [2.05, 4.69) is 46.8 Å². The predicted molar refractivity (Wildman–Crippen MR) is 106 cm³/mol. The van der Waals surface area contributed by atoms with Gasteiger partial charge >= 0.3 is 0 Å². The first-order chi connectivity index (χ1) is 13.2. The van der Waals surface area contributed by atoms with Crippen molar-refractivity contribution in [2.24, 2.45) is 5.92 Å². The fourth-order valence-corrected chi connectivity index (χ4v) is 4.33. The molecule has 0 N–H and O–H groups in total. The standard InChI is InChI=1S/C22H30N4O/c1-18-6-5-10-24(16-18)11-9-22(27)25-12-13-26-21(17-25)15-20(23-26)14-19-7-3-2-4-8-19/h2-4,7-8,15,18H,5-6,9-14,16-17H2,1H3. The van der Waals surface area contributed by atoms with Gasteiger partial charge in [-0.3, -0.25) is 9.48 Å². The minimum Gasteiger partial charge on any atom is -0.335 e. The van der Waals surface area contributed by atoms with E-state index in [1.165, 1.54) is 18.4 Å². The molecular weight excluding hydrogens is 336 g/mol. The van der Waals surface area contributed by atoms with Crippen LogP contribution in [-0.4, -0.2) is 51.7 Å². The van der Waals surface area contributed by atoms with Gasteiger partial charge in [-0.25, -0.2) is 0 Å². The lowest BCUT2D eigenvalue weighted by atomic mass is 10.0. The molecule has 27 heavy (non-hydrogen) atoms. The van der Waals surface area contributed by atoms with Crippen LogP contribution in [0, 0.1) is 5.92 Å². The van der Waals surface area contributed by atoms with Gasteiger partial charge in [-0.05, 0) is 36.9 Å². The van der Waals surface area contributed by atoms with Crippen molar-refractivity contribution in [1.82, 2.24) is 19.6 Å². The van der Waals surface area contributed by atoms with Crippen LogP contribution in [0.25, 0.3) is 0 Å². The maximum Gasteiger partial charge on any atom is 0.224 e. The van der Waals surface area contributed by atoms with Gasteiger partial charge in [0.25, 0.3) is 0 Å². The highest BCUT2D eigenvalue weighted by Gasteiger charge is 2.23. The molecule has 1 atom stereocenters. The molecule has 4 rings (SSSR count). The number of nitrogens with zero attached hydrogens (tertiary/aromatic N) is 4. The molecular formula is C22H30N4O. The number of hydrogen-bond acceptors (Lipinski definition) is 3. The van der Waals surface area contributed by atoms with Crippen molar-refractivity contribution in [2.75, 3.05) is 26.2 Å². The minimum atomic E-state index is 0.283. The topological polar surface area (TPSA) is 41.4 Å². The Kier molecular flexibility index (Phi) is 5.58. The lowest BCUT2D eigenvalue weighted by molar-refractivity contribution is -0.133. The zero-order valence-corrected chi connectivity index (χ0v) is 16.3. The molecule has 0 saturated carbocycles. The Bertz CT molecular complexity index is 770. The Morgan fingerprint density at radius 1 is 1.19 bits per heavy atom. The lowest BCUT2D eigenvalue weighted by Gasteiger charge is -2.32. The van der Waals surface area contributed by atoms with Crippen molar-refractivity contribution in [3.8, 4) is 0 Å². The number of amides is 1. The van der Waals surface area contributed by atoms with E-state index in [-0.39, 0.29) is 5.91 Å². The van der Waals surface area contributed by atoms with Crippen LogP contribution < -0.4 is 0 Å². The quantitative estimate of drug-likeness (QED) is 0.817. The van der Waals surface area contributed by atoms with Crippen molar-refractivity contribution in [1.29, 1.82) is 0 Å². The molecule has 144 valence electrons. The Hall–Kier alpha value is -2.14. The summed E-state index contributed by atoms with van der Waals surface area (Å²) in [4.78, 5) is 17.2. The number of benzene rings is 1. The first-order valence-corrected chi connectivity index (χ1v) is 10.3. The van der Waals surface area contributed by atoms with E-state index in [1.54, 1.807) is 0 Å². The Morgan fingerprint density at radius 3 is 2.85 bits per heavy atom. The highest BCUT2D eigenvalue weighted by molar-refractivity contribution is 5.76. The molecule has 1 saturated heterocycles. The summed E-state index contributed by atoms with van der Waals surface area (Å²) in [6.45, 7) is 7.77. The molecule has 1 aromatic heterocycles. The fourth-order valence-electron chi connectivity index (χ4n) is 4.33. The van der Waals surface area contributed by atoms with Gasteiger partial charge in [0.1, 0.15) is 0 Å². The maximum absolute atomic E-state index is 12.7. The van der Waals surface area contributed by atoms with Gasteiger partial charge in [0.2, 0.25) is 5.91 Å². The van der Waals surface area contributed by atoms with E-state index in [4.69, 9.17) is 5.10 Å². The molecule has 0 spiro atoms. The first kappa shape index (κ1) is 18.2. The predicted octanol–water partition coefficient (Wildman–Crippen LogP) is 2.94. The number of fused-ring (bicyclic) bond motifs is 1. The zero-order chi connectivity index (χ0) is 18.6. The summed E-state index contributed by atoms with van der Waals surface area (Å²) in [6, 6.07) is 12.6. The van der Waals surface area contributed by atoms with Crippen molar-refractivity contribution >= 4 is 5.91 Å². The molecule has 0 radical (unpaired) electrons. The zero-order valence-electron chi connectivity index (χ0n) is 16.3. The van der Waals surface area contributed by atoms with E-state index < -0.39 is 0 Å². The molecule has 5 heteroatoms. The molecule has 1 aromatic carbocycles. The maximum atomic E-state index is 12.7. The summed E-state index contributed by atoms with van der Waals surface area (Å²) in [6.07, 6.45) is 4.08. The van der Waals surface area contributed by atoms with Crippen LogP contribution in [0.5, 0.6) is 0 Å². The van der Waals surface area contributed by atoms with Crippen LogP contribution >= 0.6 is 0 Å². The molecule has 1 unspecified atom stereocenters. The van der Waals surface area contributed by atoms with Gasteiger partial charge in [-0.2, -0.15) is 5.10 Å². The second-order valence-electron chi connectivity index (χ2n) is 8.13. The highest BCUT2D eigenvalue weighted by atomic mass is 16.2. The average Bonchev–Trinajstić information content (AvgIpc) is 3.08. The lowest BCUT2D eigenvalue weighted by Crippen LogP contribution is -2.41. The number of piperidine rings is 1. The van der Waals surface area contributed by atoms with Crippen LogP contribution in [0.3, 0.4) is 0 Å². The normalized spacial score (nSPS) is 20.5. The second kappa shape index (κ2) is 8.26. The van der Waals surface area contributed by atoms with Crippen LogP contribution in [0.1, 0.15) is 43.1 Å². The van der Waals surface area contributed by atoms with E-state index in [9.17, 15) is 4.79 Å². The fraction of sp³-hybridized carbons (Fsp3) is 0.545. The summed E-state index contributed by atoms with van der Waals surface area (Å²) >= 11 is 0. The largest absolute Gasteiger partial charge is 0.335 e. The van der Waals surface area contributed by atoms with Crippen LogP contribution in [0.15, 0.2) is 36.4 Å². The van der Waals surface area contributed by atoms with Gasteiger partial charge in [-0.1, -0.05) is 37.3 Å². The molecule has 2 aliphatic rings. The van der Waals surface area contributed by atoms with Crippen molar-refractivity contribution in [3.63, 3.8) is 0 Å². The van der Waals surface area contributed by atoms with Gasteiger partial charge < -0.3 is 9.80 Å². The SMILES string of the molecule is CC1CCCN(CCC(=O)N2CCn3nc(Cc4ccccc4)cc3C2)C1. The Labute approximate surface area is 162 Å². The summed E-state index contributed by atoms with van der Waals surface area (Å²) in [7, 11) is 0. The average molecular weight is 367 g/mol. The Balaban J connectivity index is 1.32. The van der Waals surface area contributed by atoms with Gasteiger partial charge in [0.05, 0.1) is 24.5 Å². The first-order valence-electron chi connectivity index (χ1n) is 10.3. The third kappa shape index (κ3) is 4.59. The third-order valence-electron chi connectivity index (χ3n) is 5.81. The number of carbonyl (C=O) groups excluding carboxylic acids is 1. The monoisotopic (exact) mass is 366 g/mol. The number of carbonyl (C=O) groups is 1. The van der Waals surface area contributed by atoms with Crippen LogP contribution in [0.4, 0.5) is 0 Å². The smallest absolute Gasteiger partial charge is 0.224 e. The van der Waals surface area contributed by atoms with Crippen LogP contribution in [0.2, 0.25) is 0 Å². The van der Waals surface area contributed by atoms with E-state index in [0.29, 0.717) is 13.0 Å². The number of likely N-dealkylation sites (tertiary alicyclic amines) is 1. The Morgan fingerprint density at radius 2 is 2.04 bits per heavy atom. The molecule has 3 heterocycles. The van der Waals surface area contributed by atoms with Gasteiger partial charge in [0.15, 0.2) is 0 Å². The van der Waals surface area contributed by atoms with Gasteiger partial charge in [0, 0.05) is 32.5 Å². The number of hydrogen-bond donors (Lipinski definition) is 0. The van der Waals surface area contributed by atoms with E-state index in [1.807, 2.05) is 11.0 Å². The summed E-state index contributed by atoms with van der Waals surface area (Å²) in [5, 5.41) is 4.74. The minimum absolute atomic E-state index is 0.283.